The normalized spacial score (nSPS) is 10.9. The lowest BCUT2D eigenvalue weighted by atomic mass is 10.1. The lowest BCUT2D eigenvalue weighted by Crippen LogP contribution is -1.93. The Labute approximate surface area is 107 Å². The lowest BCUT2D eigenvalue weighted by molar-refractivity contribution is 1.20. The average molecular weight is 288 g/mol. The molecule has 1 aromatic carbocycles. The predicted octanol–water partition coefficient (Wildman–Crippen LogP) is 3.35. The van der Waals surface area contributed by atoms with E-state index in [0.29, 0.717) is 5.82 Å². The second-order valence-corrected chi connectivity index (χ2v) is 4.70. The minimum atomic E-state index is 0.669. The summed E-state index contributed by atoms with van der Waals surface area (Å²) in [6.07, 6.45) is 1.92. The van der Waals surface area contributed by atoms with E-state index < -0.39 is 0 Å². The van der Waals surface area contributed by atoms with Gasteiger partial charge in [-0.1, -0.05) is 34.1 Å². The fourth-order valence-electron chi connectivity index (χ4n) is 1.84. The van der Waals surface area contributed by atoms with Crippen molar-refractivity contribution in [2.45, 2.75) is 0 Å². The smallest absolute Gasteiger partial charge is 0.139 e. The van der Waals surface area contributed by atoms with Crippen LogP contribution in [0.25, 0.3) is 16.9 Å². The molecule has 0 radical (unpaired) electrons. The van der Waals surface area contributed by atoms with Gasteiger partial charge in [0.05, 0.1) is 0 Å². The number of anilines is 1. The third-order valence-electron chi connectivity index (χ3n) is 2.68. The third kappa shape index (κ3) is 1.70. The number of benzene rings is 1. The van der Waals surface area contributed by atoms with Crippen molar-refractivity contribution in [1.29, 1.82) is 0 Å². The van der Waals surface area contributed by atoms with Gasteiger partial charge in [0.25, 0.3) is 0 Å². The maximum Gasteiger partial charge on any atom is 0.139 e. The Hall–Kier alpha value is -1.81. The molecule has 3 rings (SSSR count). The molecule has 0 fully saturated rings. The topological polar surface area (TPSA) is 43.3 Å². The molecule has 2 N–H and O–H groups in total. The van der Waals surface area contributed by atoms with E-state index in [9.17, 15) is 0 Å². The summed E-state index contributed by atoms with van der Waals surface area (Å²) in [7, 11) is 0. The third-order valence-corrected chi connectivity index (χ3v) is 3.21. The molecule has 0 aliphatic heterocycles. The second-order valence-electron chi connectivity index (χ2n) is 3.78. The predicted molar refractivity (Wildman–Crippen MR) is 72.7 cm³/mol. The Morgan fingerprint density at radius 1 is 1.06 bits per heavy atom. The Kier molecular flexibility index (Phi) is 2.37. The van der Waals surface area contributed by atoms with Gasteiger partial charge < -0.3 is 5.73 Å². The average Bonchev–Trinajstić information content (AvgIpc) is 2.69. The van der Waals surface area contributed by atoms with E-state index >= 15 is 0 Å². The van der Waals surface area contributed by atoms with Crippen molar-refractivity contribution in [3.05, 3.63) is 53.1 Å². The molecule has 84 valence electrons. The van der Waals surface area contributed by atoms with Crippen LogP contribution in [0.3, 0.4) is 0 Å². The molecule has 17 heavy (non-hydrogen) atoms. The largest absolute Gasteiger partial charge is 0.383 e. The molecule has 0 amide bonds. The highest BCUT2D eigenvalue weighted by atomic mass is 79.9. The molecule has 0 saturated carbocycles. The van der Waals surface area contributed by atoms with Crippen molar-refractivity contribution in [1.82, 2.24) is 9.38 Å². The number of halogens is 1. The molecule has 0 bridgehead atoms. The summed E-state index contributed by atoms with van der Waals surface area (Å²) in [4.78, 5) is 4.53. The van der Waals surface area contributed by atoms with Crippen molar-refractivity contribution in [2.75, 3.05) is 5.73 Å². The van der Waals surface area contributed by atoms with Crippen LogP contribution >= 0.6 is 15.9 Å². The molecule has 4 heteroatoms. The number of nitrogen functional groups attached to an aromatic ring is 1. The fourth-order valence-corrected chi connectivity index (χ4v) is 2.10. The summed E-state index contributed by atoms with van der Waals surface area (Å²) in [5.41, 5.74) is 8.81. The SMILES string of the molecule is Nc1c(-c2ccc(Br)cc2)nc2ccccn12. The van der Waals surface area contributed by atoms with Crippen molar-refractivity contribution < 1.29 is 0 Å². The zero-order valence-corrected chi connectivity index (χ0v) is 10.6. The van der Waals surface area contributed by atoms with Gasteiger partial charge in [0.2, 0.25) is 0 Å². The zero-order valence-electron chi connectivity index (χ0n) is 8.97. The minimum Gasteiger partial charge on any atom is -0.383 e. The highest BCUT2D eigenvalue weighted by molar-refractivity contribution is 9.10. The molecule has 0 spiro atoms. The van der Waals surface area contributed by atoms with E-state index in [1.807, 2.05) is 53.1 Å². The van der Waals surface area contributed by atoms with Gasteiger partial charge in [0, 0.05) is 16.2 Å². The van der Waals surface area contributed by atoms with Crippen LogP contribution in [0.15, 0.2) is 53.1 Å². The monoisotopic (exact) mass is 287 g/mol. The number of fused-ring (bicyclic) bond motifs is 1. The summed E-state index contributed by atoms with van der Waals surface area (Å²) in [6.45, 7) is 0. The van der Waals surface area contributed by atoms with Gasteiger partial charge in [-0.2, -0.15) is 0 Å². The number of hydrogen-bond acceptors (Lipinski definition) is 2. The number of nitrogens with zero attached hydrogens (tertiary/aromatic N) is 2. The molecule has 0 aliphatic carbocycles. The number of pyridine rings is 1. The maximum absolute atomic E-state index is 6.10. The molecule has 0 unspecified atom stereocenters. The molecular formula is C13H10BrN3. The van der Waals surface area contributed by atoms with Crippen molar-refractivity contribution in [3.63, 3.8) is 0 Å². The van der Waals surface area contributed by atoms with Gasteiger partial charge in [-0.05, 0) is 24.3 Å². The Bertz CT molecular complexity index is 671. The van der Waals surface area contributed by atoms with Crippen LogP contribution in [0.1, 0.15) is 0 Å². The molecule has 3 nitrogen and oxygen atoms in total. The van der Waals surface area contributed by atoms with E-state index in [-0.39, 0.29) is 0 Å². The Balaban J connectivity index is 2.24. The molecule has 2 aromatic heterocycles. The summed E-state index contributed by atoms with van der Waals surface area (Å²) in [5.74, 6) is 0.669. The fraction of sp³-hybridized carbons (Fsp3) is 0. The van der Waals surface area contributed by atoms with Gasteiger partial charge in [0.1, 0.15) is 17.2 Å². The first kappa shape index (κ1) is 10.4. The summed E-state index contributed by atoms with van der Waals surface area (Å²) >= 11 is 3.41. The van der Waals surface area contributed by atoms with Crippen LogP contribution in [0.4, 0.5) is 5.82 Å². The van der Waals surface area contributed by atoms with Crippen LogP contribution < -0.4 is 5.73 Å². The molecule has 3 aromatic rings. The van der Waals surface area contributed by atoms with Gasteiger partial charge in [0.15, 0.2) is 0 Å². The molecular weight excluding hydrogens is 278 g/mol. The maximum atomic E-state index is 6.10. The standard InChI is InChI=1S/C13H10BrN3/c14-10-6-4-9(5-7-10)12-13(15)17-8-2-1-3-11(17)16-12/h1-8H,15H2. The Morgan fingerprint density at radius 2 is 1.82 bits per heavy atom. The first-order valence-electron chi connectivity index (χ1n) is 5.24. The molecule has 0 atom stereocenters. The first-order valence-corrected chi connectivity index (χ1v) is 6.03. The van der Waals surface area contributed by atoms with Crippen LogP contribution in [-0.4, -0.2) is 9.38 Å². The van der Waals surface area contributed by atoms with Crippen LogP contribution in [0.2, 0.25) is 0 Å². The van der Waals surface area contributed by atoms with Crippen molar-refractivity contribution in [3.8, 4) is 11.3 Å². The zero-order chi connectivity index (χ0) is 11.8. The van der Waals surface area contributed by atoms with Gasteiger partial charge in [-0.15, -0.1) is 0 Å². The minimum absolute atomic E-state index is 0.669. The van der Waals surface area contributed by atoms with E-state index in [1.165, 1.54) is 0 Å². The quantitative estimate of drug-likeness (QED) is 0.746. The van der Waals surface area contributed by atoms with Crippen molar-refractivity contribution >= 4 is 27.4 Å². The number of imidazole rings is 1. The highest BCUT2D eigenvalue weighted by Crippen LogP contribution is 2.27. The number of rotatable bonds is 1. The summed E-state index contributed by atoms with van der Waals surface area (Å²) < 4.78 is 2.93. The summed E-state index contributed by atoms with van der Waals surface area (Å²) in [5, 5.41) is 0. The van der Waals surface area contributed by atoms with Gasteiger partial charge >= 0.3 is 0 Å². The van der Waals surface area contributed by atoms with Crippen molar-refractivity contribution in [2.24, 2.45) is 0 Å². The van der Waals surface area contributed by atoms with Gasteiger partial charge in [-0.25, -0.2) is 4.98 Å². The Morgan fingerprint density at radius 3 is 2.53 bits per heavy atom. The second kappa shape index (κ2) is 3.89. The van der Waals surface area contributed by atoms with E-state index in [2.05, 4.69) is 20.9 Å². The number of nitrogens with two attached hydrogens (primary N) is 1. The van der Waals surface area contributed by atoms with Crippen LogP contribution in [-0.2, 0) is 0 Å². The number of hydrogen-bond donors (Lipinski definition) is 1. The molecule has 2 heterocycles. The van der Waals surface area contributed by atoms with Crippen LogP contribution in [0.5, 0.6) is 0 Å². The summed E-state index contributed by atoms with van der Waals surface area (Å²) in [6, 6.07) is 13.8. The molecule has 0 saturated heterocycles. The van der Waals surface area contributed by atoms with E-state index in [1.54, 1.807) is 0 Å². The van der Waals surface area contributed by atoms with Crippen LogP contribution in [0, 0.1) is 0 Å². The van der Waals surface area contributed by atoms with E-state index in [0.717, 1.165) is 21.4 Å². The van der Waals surface area contributed by atoms with Gasteiger partial charge in [-0.3, -0.25) is 4.40 Å². The highest BCUT2D eigenvalue weighted by Gasteiger charge is 2.10. The molecule has 0 aliphatic rings. The number of aromatic nitrogens is 2. The lowest BCUT2D eigenvalue weighted by Gasteiger charge is -1.99. The first-order chi connectivity index (χ1) is 8.25. The van der Waals surface area contributed by atoms with E-state index in [4.69, 9.17) is 5.73 Å².